The Bertz CT molecular complexity index is 877. The van der Waals surface area contributed by atoms with Crippen LogP contribution in [0, 0.1) is 24.0 Å². The summed E-state index contributed by atoms with van der Waals surface area (Å²) < 4.78 is 1.01. The van der Waals surface area contributed by atoms with Crippen molar-refractivity contribution < 1.29 is 9.72 Å². The highest BCUT2D eigenvalue weighted by molar-refractivity contribution is 7.22. The minimum Gasteiger partial charge on any atom is -0.298 e. The van der Waals surface area contributed by atoms with Crippen LogP contribution >= 0.6 is 11.3 Å². The summed E-state index contributed by atoms with van der Waals surface area (Å²) in [5, 5.41) is 13.9. The number of aromatic nitrogens is 1. The maximum absolute atomic E-state index is 12.2. The highest BCUT2D eigenvalue weighted by atomic mass is 32.1. The van der Waals surface area contributed by atoms with Gasteiger partial charge in [0.15, 0.2) is 5.13 Å². The standard InChI is InChI=1S/C16H13N3O3S/c1-9-7-13-14(8-10(9)2)23-16(17-13)18-15(20)11-3-5-12(6-4-11)19(21)22/h3-8H,1-2H3,(H,17,18,20). The van der Waals surface area contributed by atoms with Crippen molar-refractivity contribution in [3.63, 3.8) is 0 Å². The predicted molar refractivity (Wildman–Crippen MR) is 90.1 cm³/mol. The Morgan fingerprint density at radius 1 is 1.17 bits per heavy atom. The lowest BCUT2D eigenvalue weighted by atomic mass is 10.1. The first-order valence-electron chi connectivity index (χ1n) is 6.87. The number of non-ortho nitro benzene ring substituents is 1. The number of carbonyl (C=O) groups is 1. The third-order valence-electron chi connectivity index (χ3n) is 3.56. The van der Waals surface area contributed by atoms with E-state index in [1.165, 1.54) is 41.2 Å². The van der Waals surface area contributed by atoms with Gasteiger partial charge in [-0.1, -0.05) is 11.3 Å². The molecule has 3 rings (SSSR count). The lowest BCUT2D eigenvalue weighted by Gasteiger charge is -2.00. The molecule has 1 amide bonds. The molecule has 0 radical (unpaired) electrons. The van der Waals surface area contributed by atoms with E-state index in [9.17, 15) is 14.9 Å². The molecular weight excluding hydrogens is 314 g/mol. The van der Waals surface area contributed by atoms with Gasteiger partial charge in [-0.2, -0.15) is 0 Å². The number of aryl methyl sites for hydroxylation is 2. The predicted octanol–water partition coefficient (Wildman–Crippen LogP) is 4.07. The summed E-state index contributed by atoms with van der Waals surface area (Å²) in [6.07, 6.45) is 0. The van der Waals surface area contributed by atoms with E-state index < -0.39 is 4.92 Å². The molecule has 23 heavy (non-hydrogen) atoms. The van der Waals surface area contributed by atoms with Crippen LogP contribution in [0.4, 0.5) is 10.8 Å². The van der Waals surface area contributed by atoms with Crippen molar-refractivity contribution >= 4 is 38.3 Å². The zero-order chi connectivity index (χ0) is 16.6. The Balaban J connectivity index is 1.83. The summed E-state index contributed by atoms with van der Waals surface area (Å²) >= 11 is 1.40. The maximum atomic E-state index is 12.2. The first kappa shape index (κ1) is 15.1. The van der Waals surface area contributed by atoms with Crippen LogP contribution < -0.4 is 5.32 Å². The number of rotatable bonds is 3. The van der Waals surface area contributed by atoms with Gasteiger partial charge in [-0.25, -0.2) is 4.98 Å². The number of anilines is 1. The lowest BCUT2D eigenvalue weighted by Crippen LogP contribution is -2.11. The number of nitro benzene ring substituents is 1. The van der Waals surface area contributed by atoms with Gasteiger partial charge < -0.3 is 0 Å². The molecule has 0 aliphatic heterocycles. The minimum absolute atomic E-state index is 0.0486. The average molecular weight is 327 g/mol. The van der Waals surface area contributed by atoms with Crippen molar-refractivity contribution in [1.29, 1.82) is 0 Å². The number of nitro groups is 1. The highest BCUT2D eigenvalue weighted by Crippen LogP contribution is 2.28. The summed E-state index contributed by atoms with van der Waals surface area (Å²) in [6, 6.07) is 9.50. The SMILES string of the molecule is Cc1cc2nc(NC(=O)c3ccc([N+](=O)[O-])cc3)sc2cc1C. The quantitative estimate of drug-likeness (QED) is 0.580. The van der Waals surface area contributed by atoms with Gasteiger partial charge in [0.05, 0.1) is 15.1 Å². The van der Waals surface area contributed by atoms with Crippen molar-refractivity contribution in [2.45, 2.75) is 13.8 Å². The molecule has 1 N–H and O–H groups in total. The molecule has 0 saturated carbocycles. The Kier molecular flexibility index (Phi) is 3.79. The van der Waals surface area contributed by atoms with Gasteiger partial charge in [-0.05, 0) is 49.2 Å². The summed E-state index contributed by atoms with van der Waals surface area (Å²) in [5.74, 6) is -0.340. The molecule has 0 unspecified atom stereocenters. The number of fused-ring (bicyclic) bond motifs is 1. The first-order chi connectivity index (χ1) is 10.9. The third kappa shape index (κ3) is 3.04. The molecular formula is C16H13N3O3S. The average Bonchev–Trinajstić information content (AvgIpc) is 2.89. The lowest BCUT2D eigenvalue weighted by molar-refractivity contribution is -0.384. The van der Waals surface area contributed by atoms with Crippen molar-refractivity contribution in [3.05, 3.63) is 63.2 Å². The second kappa shape index (κ2) is 5.77. The fourth-order valence-corrected chi connectivity index (χ4v) is 3.08. The van der Waals surface area contributed by atoms with Crippen molar-refractivity contribution in [1.82, 2.24) is 4.98 Å². The Hall–Kier alpha value is -2.80. The number of hydrogen-bond donors (Lipinski definition) is 1. The maximum Gasteiger partial charge on any atom is 0.269 e. The van der Waals surface area contributed by atoms with Gasteiger partial charge in [0.1, 0.15) is 0 Å². The Labute approximate surface area is 135 Å². The molecule has 0 bridgehead atoms. The molecule has 3 aromatic rings. The van der Waals surface area contributed by atoms with Crippen LogP contribution in [0.2, 0.25) is 0 Å². The number of thiazole rings is 1. The van der Waals surface area contributed by atoms with E-state index in [0.29, 0.717) is 10.7 Å². The van der Waals surface area contributed by atoms with Crippen molar-refractivity contribution in [2.75, 3.05) is 5.32 Å². The van der Waals surface area contributed by atoms with Crippen LogP contribution in [-0.2, 0) is 0 Å². The van der Waals surface area contributed by atoms with E-state index in [0.717, 1.165) is 15.8 Å². The molecule has 7 heteroatoms. The van der Waals surface area contributed by atoms with Crippen LogP contribution in [0.25, 0.3) is 10.2 Å². The van der Waals surface area contributed by atoms with E-state index >= 15 is 0 Å². The zero-order valence-corrected chi connectivity index (χ0v) is 13.3. The monoisotopic (exact) mass is 327 g/mol. The summed E-state index contributed by atoms with van der Waals surface area (Å²) in [5.41, 5.74) is 3.47. The fourth-order valence-electron chi connectivity index (χ4n) is 2.14. The second-order valence-electron chi connectivity index (χ2n) is 5.18. The van der Waals surface area contributed by atoms with Gasteiger partial charge in [0.25, 0.3) is 11.6 Å². The molecule has 0 aliphatic carbocycles. The van der Waals surface area contributed by atoms with Crippen LogP contribution in [0.15, 0.2) is 36.4 Å². The Morgan fingerprint density at radius 3 is 2.48 bits per heavy atom. The number of hydrogen-bond acceptors (Lipinski definition) is 5. The van der Waals surface area contributed by atoms with E-state index in [-0.39, 0.29) is 11.6 Å². The van der Waals surface area contributed by atoms with Gasteiger partial charge in [0, 0.05) is 17.7 Å². The summed E-state index contributed by atoms with van der Waals surface area (Å²) in [6.45, 7) is 4.05. The van der Waals surface area contributed by atoms with Gasteiger partial charge in [0.2, 0.25) is 0 Å². The van der Waals surface area contributed by atoms with E-state index in [2.05, 4.69) is 10.3 Å². The van der Waals surface area contributed by atoms with Crippen LogP contribution in [0.3, 0.4) is 0 Å². The molecule has 1 aromatic heterocycles. The molecule has 0 saturated heterocycles. The molecule has 2 aromatic carbocycles. The molecule has 0 spiro atoms. The molecule has 6 nitrogen and oxygen atoms in total. The fraction of sp³-hybridized carbons (Fsp3) is 0.125. The second-order valence-corrected chi connectivity index (χ2v) is 6.21. The first-order valence-corrected chi connectivity index (χ1v) is 7.69. The highest BCUT2D eigenvalue weighted by Gasteiger charge is 2.12. The van der Waals surface area contributed by atoms with Crippen molar-refractivity contribution in [2.24, 2.45) is 0 Å². The van der Waals surface area contributed by atoms with Crippen molar-refractivity contribution in [3.8, 4) is 0 Å². The zero-order valence-electron chi connectivity index (χ0n) is 12.5. The molecule has 0 fully saturated rings. The smallest absolute Gasteiger partial charge is 0.269 e. The summed E-state index contributed by atoms with van der Waals surface area (Å²) in [4.78, 5) is 26.7. The van der Waals surface area contributed by atoms with Crippen LogP contribution in [-0.4, -0.2) is 15.8 Å². The van der Waals surface area contributed by atoms with Crippen LogP contribution in [0.5, 0.6) is 0 Å². The molecule has 1 heterocycles. The largest absolute Gasteiger partial charge is 0.298 e. The van der Waals surface area contributed by atoms with E-state index in [1.54, 1.807) is 0 Å². The minimum atomic E-state index is -0.500. The Morgan fingerprint density at radius 2 is 1.83 bits per heavy atom. The molecule has 0 aliphatic rings. The van der Waals surface area contributed by atoms with Crippen LogP contribution in [0.1, 0.15) is 21.5 Å². The molecule has 116 valence electrons. The topological polar surface area (TPSA) is 85.1 Å². The normalized spacial score (nSPS) is 10.7. The van der Waals surface area contributed by atoms with Gasteiger partial charge in [-0.3, -0.25) is 20.2 Å². The number of benzene rings is 2. The number of nitrogens with one attached hydrogen (secondary N) is 1. The van der Waals surface area contributed by atoms with Gasteiger partial charge >= 0.3 is 0 Å². The van der Waals surface area contributed by atoms with Gasteiger partial charge in [-0.15, -0.1) is 0 Å². The number of carbonyl (C=O) groups excluding carboxylic acids is 1. The molecule has 0 atom stereocenters. The summed E-state index contributed by atoms with van der Waals surface area (Å²) in [7, 11) is 0. The number of amides is 1. The van der Waals surface area contributed by atoms with E-state index in [4.69, 9.17) is 0 Å². The third-order valence-corrected chi connectivity index (χ3v) is 4.50. The van der Waals surface area contributed by atoms with E-state index in [1.807, 2.05) is 26.0 Å². The number of nitrogens with zero attached hydrogens (tertiary/aromatic N) is 2.